The second kappa shape index (κ2) is 7.46. The SMILES string of the molecule is CCCCn1nnnc1CN1C(=O)N[C@](C)(c2ccc(C(C)C)cc2)C1=O. The van der Waals surface area contributed by atoms with Crippen LogP contribution in [0.1, 0.15) is 63.4 Å². The lowest BCUT2D eigenvalue weighted by Gasteiger charge is -2.22. The zero-order chi connectivity index (χ0) is 19.6. The smallest absolute Gasteiger partial charge is 0.319 e. The van der Waals surface area contributed by atoms with E-state index in [0.717, 1.165) is 18.4 Å². The Hall–Kier alpha value is -2.77. The van der Waals surface area contributed by atoms with Crippen LogP contribution in [-0.4, -0.2) is 37.0 Å². The number of hydrogen-bond acceptors (Lipinski definition) is 5. The molecule has 3 rings (SSSR count). The summed E-state index contributed by atoms with van der Waals surface area (Å²) in [7, 11) is 0. The van der Waals surface area contributed by atoms with Gasteiger partial charge in [-0.05, 0) is 40.8 Å². The Labute approximate surface area is 158 Å². The Morgan fingerprint density at radius 3 is 2.52 bits per heavy atom. The van der Waals surface area contributed by atoms with E-state index in [-0.39, 0.29) is 12.5 Å². The molecule has 1 atom stereocenters. The molecule has 0 unspecified atom stereocenters. The van der Waals surface area contributed by atoms with Crippen LogP contribution in [0.5, 0.6) is 0 Å². The van der Waals surface area contributed by atoms with Crippen LogP contribution in [0.4, 0.5) is 4.79 Å². The maximum atomic E-state index is 13.1. The van der Waals surface area contributed by atoms with Crippen LogP contribution in [0.15, 0.2) is 24.3 Å². The molecule has 2 heterocycles. The minimum atomic E-state index is -1.09. The molecule has 0 radical (unpaired) electrons. The molecule has 0 saturated carbocycles. The summed E-state index contributed by atoms with van der Waals surface area (Å²) < 4.78 is 1.65. The van der Waals surface area contributed by atoms with Gasteiger partial charge in [0.05, 0.1) is 6.54 Å². The van der Waals surface area contributed by atoms with E-state index < -0.39 is 11.6 Å². The third-order valence-electron chi connectivity index (χ3n) is 5.06. The van der Waals surface area contributed by atoms with Crippen molar-refractivity contribution < 1.29 is 9.59 Å². The topological polar surface area (TPSA) is 93.0 Å². The highest BCUT2D eigenvalue weighted by molar-refractivity contribution is 6.07. The molecule has 1 aliphatic heterocycles. The van der Waals surface area contributed by atoms with Gasteiger partial charge < -0.3 is 5.32 Å². The molecule has 1 aliphatic rings. The van der Waals surface area contributed by atoms with Gasteiger partial charge in [-0.25, -0.2) is 9.48 Å². The third kappa shape index (κ3) is 3.56. The van der Waals surface area contributed by atoms with Gasteiger partial charge in [-0.3, -0.25) is 9.69 Å². The molecule has 0 bridgehead atoms. The fourth-order valence-corrected chi connectivity index (χ4v) is 3.20. The van der Waals surface area contributed by atoms with Crippen molar-refractivity contribution in [3.63, 3.8) is 0 Å². The van der Waals surface area contributed by atoms with Gasteiger partial charge >= 0.3 is 6.03 Å². The number of carbonyl (C=O) groups is 2. The maximum Gasteiger partial charge on any atom is 0.325 e. The summed E-state index contributed by atoms with van der Waals surface area (Å²) in [4.78, 5) is 26.8. The van der Waals surface area contributed by atoms with Crippen molar-refractivity contribution in [2.24, 2.45) is 0 Å². The van der Waals surface area contributed by atoms with Crippen molar-refractivity contribution in [3.05, 3.63) is 41.2 Å². The summed E-state index contributed by atoms with van der Waals surface area (Å²) in [5, 5.41) is 14.4. The number of unbranched alkanes of at least 4 members (excludes halogenated alkanes) is 1. The molecule has 27 heavy (non-hydrogen) atoms. The lowest BCUT2D eigenvalue weighted by Crippen LogP contribution is -2.40. The van der Waals surface area contributed by atoms with Gasteiger partial charge in [-0.1, -0.05) is 51.5 Å². The quantitative estimate of drug-likeness (QED) is 0.756. The first-order valence-electron chi connectivity index (χ1n) is 9.36. The molecule has 1 N–H and O–H groups in total. The molecular weight excluding hydrogens is 344 g/mol. The average Bonchev–Trinajstić information content (AvgIpc) is 3.18. The minimum Gasteiger partial charge on any atom is -0.319 e. The van der Waals surface area contributed by atoms with Crippen LogP contribution >= 0.6 is 0 Å². The highest BCUT2D eigenvalue weighted by atomic mass is 16.2. The van der Waals surface area contributed by atoms with E-state index in [4.69, 9.17) is 0 Å². The Morgan fingerprint density at radius 2 is 1.89 bits per heavy atom. The first-order valence-corrected chi connectivity index (χ1v) is 9.36. The molecule has 0 spiro atoms. The number of nitrogens with one attached hydrogen (secondary N) is 1. The summed E-state index contributed by atoms with van der Waals surface area (Å²) in [6.45, 7) is 8.76. The second-order valence-corrected chi connectivity index (χ2v) is 7.39. The summed E-state index contributed by atoms with van der Waals surface area (Å²) in [5.41, 5.74) is 0.860. The number of nitrogens with zero attached hydrogens (tertiary/aromatic N) is 5. The van der Waals surface area contributed by atoms with E-state index in [1.807, 2.05) is 24.3 Å². The van der Waals surface area contributed by atoms with E-state index in [9.17, 15) is 9.59 Å². The lowest BCUT2D eigenvalue weighted by atomic mass is 9.90. The summed E-state index contributed by atoms with van der Waals surface area (Å²) in [6, 6.07) is 7.38. The molecule has 1 fully saturated rings. The van der Waals surface area contributed by atoms with Gasteiger partial charge in [0.25, 0.3) is 5.91 Å². The number of amides is 3. The predicted octanol–water partition coefficient (Wildman–Crippen LogP) is 2.56. The Morgan fingerprint density at radius 1 is 1.19 bits per heavy atom. The lowest BCUT2D eigenvalue weighted by molar-refractivity contribution is -0.131. The zero-order valence-corrected chi connectivity index (χ0v) is 16.3. The Balaban J connectivity index is 1.81. The van der Waals surface area contributed by atoms with Gasteiger partial charge in [0.1, 0.15) is 5.54 Å². The fraction of sp³-hybridized carbons (Fsp3) is 0.526. The molecule has 8 nitrogen and oxygen atoms in total. The molecule has 2 aromatic rings. The number of urea groups is 1. The molecule has 8 heteroatoms. The van der Waals surface area contributed by atoms with Crippen molar-refractivity contribution in [2.75, 3.05) is 0 Å². The predicted molar refractivity (Wildman–Crippen MR) is 99.7 cm³/mol. The van der Waals surface area contributed by atoms with Gasteiger partial charge in [0.2, 0.25) is 0 Å². The zero-order valence-electron chi connectivity index (χ0n) is 16.3. The van der Waals surface area contributed by atoms with Crippen LogP contribution in [0, 0.1) is 0 Å². The summed E-state index contributed by atoms with van der Waals surface area (Å²) in [6.07, 6.45) is 1.94. The van der Waals surface area contributed by atoms with E-state index >= 15 is 0 Å². The molecule has 3 amide bonds. The van der Waals surface area contributed by atoms with Gasteiger partial charge in [0.15, 0.2) is 5.82 Å². The third-order valence-corrected chi connectivity index (χ3v) is 5.06. The van der Waals surface area contributed by atoms with Crippen LogP contribution < -0.4 is 5.32 Å². The van der Waals surface area contributed by atoms with Crippen molar-refractivity contribution in [1.82, 2.24) is 30.4 Å². The standard InChI is InChI=1S/C19H26N6O2/c1-5-6-11-25-16(21-22-23-25)12-24-17(26)19(4,20-18(24)27)15-9-7-14(8-10-15)13(2)3/h7-10,13H,5-6,11-12H2,1-4H3,(H,20,27)/t19-/m1/s1. The number of carbonyl (C=O) groups excluding carboxylic acids is 2. The first kappa shape index (κ1) is 19.0. The van der Waals surface area contributed by atoms with E-state index in [0.29, 0.717) is 18.3 Å². The number of aryl methyl sites for hydroxylation is 1. The number of benzene rings is 1. The minimum absolute atomic E-state index is 0.0566. The molecular formula is C19H26N6O2. The van der Waals surface area contributed by atoms with Crippen LogP contribution in [-0.2, 0) is 23.4 Å². The number of imide groups is 1. The molecule has 144 valence electrons. The number of rotatable bonds is 7. The average molecular weight is 370 g/mol. The first-order chi connectivity index (χ1) is 12.9. The van der Waals surface area contributed by atoms with Crippen molar-refractivity contribution in [2.45, 2.75) is 65.1 Å². The Bertz CT molecular complexity index is 829. The number of hydrogen-bond donors (Lipinski definition) is 1. The molecule has 1 saturated heterocycles. The number of aromatic nitrogens is 4. The molecule has 0 aliphatic carbocycles. The molecule has 1 aromatic carbocycles. The monoisotopic (exact) mass is 370 g/mol. The highest BCUT2D eigenvalue weighted by Gasteiger charge is 2.49. The van der Waals surface area contributed by atoms with Crippen molar-refractivity contribution in [3.8, 4) is 0 Å². The van der Waals surface area contributed by atoms with Gasteiger partial charge in [0, 0.05) is 6.54 Å². The molecule has 1 aromatic heterocycles. The van der Waals surface area contributed by atoms with Crippen molar-refractivity contribution >= 4 is 11.9 Å². The van der Waals surface area contributed by atoms with Crippen LogP contribution in [0.3, 0.4) is 0 Å². The van der Waals surface area contributed by atoms with Crippen LogP contribution in [0.25, 0.3) is 0 Å². The second-order valence-electron chi connectivity index (χ2n) is 7.39. The largest absolute Gasteiger partial charge is 0.325 e. The van der Waals surface area contributed by atoms with E-state index in [1.54, 1.807) is 11.6 Å². The van der Waals surface area contributed by atoms with Crippen LogP contribution in [0.2, 0.25) is 0 Å². The summed E-state index contributed by atoms with van der Waals surface area (Å²) >= 11 is 0. The van der Waals surface area contributed by atoms with E-state index in [1.165, 1.54) is 10.5 Å². The number of tetrazole rings is 1. The Kier molecular flexibility index (Phi) is 5.25. The van der Waals surface area contributed by atoms with E-state index in [2.05, 4.69) is 41.6 Å². The van der Waals surface area contributed by atoms with Gasteiger partial charge in [-0.2, -0.15) is 0 Å². The highest BCUT2D eigenvalue weighted by Crippen LogP contribution is 2.30. The van der Waals surface area contributed by atoms with Crippen molar-refractivity contribution in [1.29, 1.82) is 0 Å². The summed E-state index contributed by atoms with van der Waals surface area (Å²) in [5.74, 6) is 0.611. The normalized spacial score (nSPS) is 19.8. The van der Waals surface area contributed by atoms with Gasteiger partial charge in [-0.15, -0.1) is 5.10 Å². The fourth-order valence-electron chi connectivity index (χ4n) is 3.20. The maximum absolute atomic E-state index is 13.1.